The van der Waals surface area contributed by atoms with Gasteiger partial charge in [0.15, 0.2) is 0 Å². The molecular formula is C18H17FN2O3. The van der Waals surface area contributed by atoms with Crippen LogP contribution in [-0.4, -0.2) is 34.3 Å². The van der Waals surface area contributed by atoms with Gasteiger partial charge in [-0.1, -0.05) is 6.07 Å². The molecule has 1 fully saturated rings. The van der Waals surface area contributed by atoms with E-state index >= 15 is 0 Å². The Kier molecular flexibility index (Phi) is 4.84. The van der Waals surface area contributed by atoms with Crippen molar-refractivity contribution < 1.29 is 18.7 Å². The Morgan fingerprint density at radius 3 is 2.83 bits per heavy atom. The number of amides is 1. The Morgan fingerprint density at radius 1 is 1.21 bits per heavy atom. The number of hydrogen-bond acceptors (Lipinski definition) is 4. The van der Waals surface area contributed by atoms with E-state index < -0.39 is 17.8 Å². The number of rotatable bonds is 3. The van der Waals surface area contributed by atoms with Crippen LogP contribution in [0.1, 0.15) is 29.6 Å². The van der Waals surface area contributed by atoms with Crippen molar-refractivity contribution in [3.05, 3.63) is 60.2 Å². The van der Waals surface area contributed by atoms with Crippen molar-refractivity contribution in [3.63, 3.8) is 0 Å². The molecule has 1 aliphatic rings. The molecule has 1 amide bonds. The molecule has 2 aromatic rings. The van der Waals surface area contributed by atoms with Crippen molar-refractivity contribution in [2.24, 2.45) is 0 Å². The topological polar surface area (TPSA) is 59.5 Å². The SMILES string of the molecule is O=C(Oc1cccc(F)c1)C1CCCCN1C(=O)c1cccnc1. The minimum Gasteiger partial charge on any atom is -0.425 e. The summed E-state index contributed by atoms with van der Waals surface area (Å²) in [6.07, 6.45) is 5.25. The second-order valence-corrected chi connectivity index (χ2v) is 5.63. The lowest BCUT2D eigenvalue weighted by Gasteiger charge is -2.34. The van der Waals surface area contributed by atoms with E-state index in [0.29, 0.717) is 18.5 Å². The molecule has 1 atom stereocenters. The maximum atomic E-state index is 13.2. The molecule has 6 heteroatoms. The quantitative estimate of drug-likeness (QED) is 0.642. The molecule has 3 rings (SSSR count). The molecule has 0 spiro atoms. The summed E-state index contributed by atoms with van der Waals surface area (Å²) in [6, 6.07) is 8.07. The Hall–Kier alpha value is -2.76. The number of pyridine rings is 1. The van der Waals surface area contributed by atoms with Crippen molar-refractivity contribution in [2.45, 2.75) is 25.3 Å². The number of halogens is 1. The standard InChI is InChI=1S/C18H17FN2O3/c19-14-6-3-7-15(11-14)24-18(23)16-8-1-2-10-21(16)17(22)13-5-4-9-20-12-13/h3-7,9,11-12,16H,1-2,8,10H2. The second kappa shape index (κ2) is 7.21. The zero-order valence-corrected chi connectivity index (χ0v) is 13.0. The summed E-state index contributed by atoms with van der Waals surface area (Å²) in [4.78, 5) is 30.6. The number of nitrogens with zero attached hydrogens (tertiary/aromatic N) is 2. The lowest BCUT2D eigenvalue weighted by atomic mass is 10.0. The maximum absolute atomic E-state index is 13.2. The predicted molar refractivity (Wildman–Crippen MR) is 84.9 cm³/mol. The molecule has 0 saturated carbocycles. The van der Waals surface area contributed by atoms with Gasteiger partial charge in [0.05, 0.1) is 5.56 Å². The van der Waals surface area contributed by atoms with Gasteiger partial charge < -0.3 is 9.64 Å². The molecular weight excluding hydrogens is 311 g/mol. The molecule has 2 heterocycles. The normalized spacial score (nSPS) is 17.4. The van der Waals surface area contributed by atoms with Gasteiger partial charge in [-0.25, -0.2) is 9.18 Å². The zero-order valence-electron chi connectivity index (χ0n) is 13.0. The number of likely N-dealkylation sites (tertiary alicyclic amines) is 1. The van der Waals surface area contributed by atoms with Crippen LogP contribution in [0.3, 0.4) is 0 Å². The first-order valence-corrected chi connectivity index (χ1v) is 7.83. The van der Waals surface area contributed by atoms with E-state index in [-0.39, 0.29) is 11.7 Å². The fraction of sp³-hybridized carbons (Fsp3) is 0.278. The van der Waals surface area contributed by atoms with Gasteiger partial charge >= 0.3 is 5.97 Å². The number of benzene rings is 1. The number of aromatic nitrogens is 1. The lowest BCUT2D eigenvalue weighted by molar-refractivity contribution is -0.140. The van der Waals surface area contributed by atoms with Crippen LogP contribution < -0.4 is 4.74 Å². The molecule has 0 radical (unpaired) electrons. The van der Waals surface area contributed by atoms with Crippen LogP contribution in [0, 0.1) is 5.82 Å². The summed E-state index contributed by atoms with van der Waals surface area (Å²) in [6.45, 7) is 0.483. The summed E-state index contributed by atoms with van der Waals surface area (Å²) in [5, 5.41) is 0. The van der Waals surface area contributed by atoms with E-state index in [9.17, 15) is 14.0 Å². The molecule has 1 aromatic heterocycles. The molecule has 1 aromatic carbocycles. The lowest BCUT2D eigenvalue weighted by Crippen LogP contribution is -2.49. The number of ether oxygens (including phenoxy) is 1. The first-order chi connectivity index (χ1) is 11.6. The molecule has 0 bridgehead atoms. The van der Waals surface area contributed by atoms with Crippen LogP contribution in [0.4, 0.5) is 4.39 Å². The van der Waals surface area contributed by atoms with Crippen LogP contribution in [0.2, 0.25) is 0 Å². The second-order valence-electron chi connectivity index (χ2n) is 5.63. The predicted octanol–water partition coefficient (Wildman–Crippen LogP) is 2.82. The third kappa shape index (κ3) is 3.59. The molecule has 1 unspecified atom stereocenters. The van der Waals surface area contributed by atoms with Crippen molar-refractivity contribution in [2.75, 3.05) is 6.54 Å². The van der Waals surface area contributed by atoms with E-state index in [2.05, 4.69) is 4.98 Å². The first-order valence-electron chi connectivity index (χ1n) is 7.83. The van der Waals surface area contributed by atoms with E-state index in [4.69, 9.17) is 4.74 Å². The molecule has 1 aliphatic heterocycles. The molecule has 5 nitrogen and oxygen atoms in total. The summed E-state index contributed by atoms with van der Waals surface area (Å²) < 4.78 is 18.5. The molecule has 0 aliphatic carbocycles. The van der Waals surface area contributed by atoms with Gasteiger partial charge in [-0.15, -0.1) is 0 Å². The van der Waals surface area contributed by atoms with Crippen molar-refractivity contribution in [3.8, 4) is 5.75 Å². The third-order valence-electron chi connectivity index (χ3n) is 3.96. The largest absolute Gasteiger partial charge is 0.425 e. The number of carbonyl (C=O) groups is 2. The van der Waals surface area contributed by atoms with E-state index in [1.54, 1.807) is 18.3 Å². The summed E-state index contributed by atoms with van der Waals surface area (Å²) in [7, 11) is 0. The molecule has 24 heavy (non-hydrogen) atoms. The maximum Gasteiger partial charge on any atom is 0.334 e. The molecule has 0 N–H and O–H groups in total. The summed E-state index contributed by atoms with van der Waals surface area (Å²) >= 11 is 0. The van der Waals surface area contributed by atoms with Crippen molar-refractivity contribution in [1.29, 1.82) is 0 Å². The van der Waals surface area contributed by atoms with Gasteiger partial charge in [0, 0.05) is 25.0 Å². The Morgan fingerprint density at radius 2 is 2.08 bits per heavy atom. The average Bonchev–Trinajstić information content (AvgIpc) is 2.62. The van der Waals surface area contributed by atoms with Crippen LogP contribution in [-0.2, 0) is 4.79 Å². The third-order valence-corrected chi connectivity index (χ3v) is 3.96. The Balaban J connectivity index is 1.76. The minimum absolute atomic E-state index is 0.138. The highest BCUT2D eigenvalue weighted by molar-refractivity contribution is 5.96. The Labute approximate surface area is 139 Å². The minimum atomic E-state index is -0.672. The smallest absolute Gasteiger partial charge is 0.334 e. The van der Waals surface area contributed by atoms with Gasteiger partial charge in [-0.2, -0.15) is 0 Å². The number of hydrogen-bond donors (Lipinski definition) is 0. The number of carbonyl (C=O) groups excluding carboxylic acids is 2. The van der Waals surface area contributed by atoms with Crippen LogP contribution in [0.5, 0.6) is 5.75 Å². The van der Waals surface area contributed by atoms with Gasteiger partial charge in [-0.3, -0.25) is 9.78 Å². The highest BCUT2D eigenvalue weighted by Gasteiger charge is 2.34. The summed E-state index contributed by atoms with van der Waals surface area (Å²) in [5.74, 6) is -1.13. The molecule has 124 valence electrons. The van der Waals surface area contributed by atoms with Crippen LogP contribution in [0.25, 0.3) is 0 Å². The fourth-order valence-electron chi connectivity index (χ4n) is 2.79. The molecule has 1 saturated heterocycles. The van der Waals surface area contributed by atoms with Gasteiger partial charge in [0.2, 0.25) is 0 Å². The van der Waals surface area contributed by atoms with E-state index in [1.807, 2.05) is 0 Å². The highest BCUT2D eigenvalue weighted by Crippen LogP contribution is 2.22. The summed E-state index contributed by atoms with van der Waals surface area (Å²) in [5.41, 5.74) is 0.433. The fourth-order valence-corrected chi connectivity index (χ4v) is 2.79. The van der Waals surface area contributed by atoms with Gasteiger partial charge in [-0.05, 0) is 43.5 Å². The van der Waals surface area contributed by atoms with E-state index in [1.165, 1.54) is 29.3 Å². The Bertz CT molecular complexity index is 736. The monoisotopic (exact) mass is 328 g/mol. The van der Waals surface area contributed by atoms with Crippen LogP contribution in [0.15, 0.2) is 48.8 Å². The van der Waals surface area contributed by atoms with Gasteiger partial charge in [0.25, 0.3) is 5.91 Å². The van der Waals surface area contributed by atoms with Crippen LogP contribution >= 0.6 is 0 Å². The highest BCUT2D eigenvalue weighted by atomic mass is 19.1. The average molecular weight is 328 g/mol. The number of esters is 1. The first kappa shape index (κ1) is 16.1. The van der Waals surface area contributed by atoms with E-state index in [0.717, 1.165) is 18.9 Å². The zero-order chi connectivity index (χ0) is 16.9. The van der Waals surface area contributed by atoms with Crippen molar-refractivity contribution in [1.82, 2.24) is 9.88 Å². The van der Waals surface area contributed by atoms with Crippen molar-refractivity contribution >= 4 is 11.9 Å². The van der Waals surface area contributed by atoms with Gasteiger partial charge in [0.1, 0.15) is 17.6 Å². The number of piperidine rings is 1.